The maximum absolute atomic E-state index is 11.3. The zero-order chi connectivity index (χ0) is 11.4. The van der Waals surface area contributed by atoms with E-state index in [1.165, 1.54) is 44.1 Å². The molecule has 1 saturated carbocycles. The smallest absolute Gasteiger partial charge is 0.159 e. The van der Waals surface area contributed by atoms with Crippen LogP contribution in [0.4, 0.5) is 0 Å². The fourth-order valence-corrected chi connectivity index (χ4v) is 2.62. The lowest BCUT2D eigenvalue weighted by Gasteiger charge is -2.14. The van der Waals surface area contributed by atoms with Gasteiger partial charge in [0, 0.05) is 5.56 Å². The van der Waals surface area contributed by atoms with Gasteiger partial charge in [-0.3, -0.25) is 4.79 Å². The van der Waals surface area contributed by atoms with Gasteiger partial charge < -0.3 is 0 Å². The van der Waals surface area contributed by atoms with Crippen LogP contribution in [0, 0.1) is 0 Å². The lowest BCUT2D eigenvalue weighted by Crippen LogP contribution is -2.00. The summed E-state index contributed by atoms with van der Waals surface area (Å²) in [6.07, 6.45) is 8.03. The first kappa shape index (κ1) is 11.4. The number of hydrogen-bond acceptors (Lipinski definition) is 1. The van der Waals surface area contributed by atoms with Crippen molar-refractivity contribution in [2.75, 3.05) is 0 Å². The first-order valence-electron chi connectivity index (χ1n) is 6.38. The molecule has 1 aromatic rings. The third kappa shape index (κ3) is 2.72. The van der Waals surface area contributed by atoms with E-state index in [1.807, 2.05) is 12.1 Å². The van der Waals surface area contributed by atoms with Crippen LogP contribution in [0.2, 0.25) is 0 Å². The fraction of sp³-hybridized carbons (Fsp3) is 0.533. The Morgan fingerprint density at radius 3 is 2.44 bits per heavy atom. The molecule has 0 bridgehead atoms. The van der Waals surface area contributed by atoms with E-state index >= 15 is 0 Å². The highest BCUT2D eigenvalue weighted by Crippen LogP contribution is 2.31. The van der Waals surface area contributed by atoms with Gasteiger partial charge in [-0.15, -0.1) is 0 Å². The molecule has 0 N–H and O–H groups in total. The Morgan fingerprint density at radius 2 is 1.81 bits per heavy atom. The molecule has 1 aliphatic rings. The summed E-state index contributed by atoms with van der Waals surface area (Å²) in [6, 6.07) is 8.22. The van der Waals surface area contributed by atoms with E-state index in [0.717, 1.165) is 5.56 Å². The topological polar surface area (TPSA) is 17.1 Å². The van der Waals surface area contributed by atoms with Gasteiger partial charge in [0.1, 0.15) is 0 Å². The first-order valence-corrected chi connectivity index (χ1v) is 6.38. The van der Waals surface area contributed by atoms with Crippen LogP contribution in [0.1, 0.15) is 67.3 Å². The SMILES string of the molecule is CC(=O)c1cccc(C2CCCCCC2)c1. The fourth-order valence-electron chi connectivity index (χ4n) is 2.62. The number of carbonyl (C=O) groups excluding carboxylic acids is 1. The van der Waals surface area contributed by atoms with Gasteiger partial charge in [0.25, 0.3) is 0 Å². The van der Waals surface area contributed by atoms with Crippen LogP contribution in [0.5, 0.6) is 0 Å². The Morgan fingerprint density at radius 1 is 1.12 bits per heavy atom. The molecular weight excluding hydrogens is 196 g/mol. The van der Waals surface area contributed by atoms with E-state index in [2.05, 4.69) is 12.1 Å². The van der Waals surface area contributed by atoms with Gasteiger partial charge in [-0.25, -0.2) is 0 Å². The first-order chi connectivity index (χ1) is 7.77. The summed E-state index contributed by atoms with van der Waals surface area (Å²) in [5.74, 6) is 0.859. The molecule has 1 aliphatic carbocycles. The minimum atomic E-state index is 0.176. The molecule has 1 aromatic carbocycles. The molecule has 0 atom stereocenters. The lowest BCUT2D eigenvalue weighted by molar-refractivity contribution is 0.101. The average molecular weight is 216 g/mol. The van der Waals surface area contributed by atoms with Gasteiger partial charge in [0.15, 0.2) is 5.78 Å². The number of rotatable bonds is 2. The monoisotopic (exact) mass is 216 g/mol. The number of ketones is 1. The molecule has 2 rings (SSSR count). The second kappa shape index (κ2) is 5.29. The van der Waals surface area contributed by atoms with Crippen molar-refractivity contribution in [3.8, 4) is 0 Å². The molecule has 0 radical (unpaired) electrons. The normalized spacial score (nSPS) is 18.1. The molecule has 0 aromatic heterocycles. The van der Waals surface area contributed by atoms with Crippen molar-refractivity contribution in [2.24, 2.45) is 0 Å². The molecule has 0 unspecified atom stereocenters. The van der Waals surface area contributed by atoms with E-state index in [-0.39, 0.29) is 5.78 Å². The largest absolute Gasteiger partial charge is 0.295 e. The highest BCUT2D eigenvalue weighted by molar-refractivity contribution is 5.94. The zero-order valence-electron chi connectivity index (χ0n) is 10.0. The molecule has 1 nitrogen and oxygen atoms in total. The number of benzene rings is 1. The molecule has 0 heterocycles. The molecule has 0 saturated heterocycles. The van der Waals surface area contributed by atoms with Crippen molar-refractivity contribution < 1.29 is 4.79 Å². The quantitative estimate of drug-likeness (QED) is 0.531. The Bertz CT molecular complexity index is 359. The number of Topliss-reactive ketones (excluding diaryl/α,β-unsaturated/α-hetero) is 1. The average Bonchev–Trinajstić information content (AvgIpc) is 2.57. The lowest BCUT2D eigenvalue weighted by atomic mass is 9.90. The zero-order valence-corrected chi connectivity index (χ0v) is 10.0. The standard InChI is InChI=1S/C15H20O/c1-12(16)14-9-6-10-15(11-14)13-7-4-2-3-5-8-13/h6,9-11,13H,2-5,7-8H2,1H3. The van der Waals surface area contributed by atoms with Crippen molar-refractivity contribution >= 4 is 5.78 Å². The molecule has 86 valence electrons. The van der Waals surface area contributed by atoms with E-state index in [9.17, 15) is 4.79 Å². The Kier molecular flexibility index (Phi) is 3.76. The van der Waals surface area contributed by atoms with Gasteiger partial charge in [0.05, 0.1) is 0 Å². The highest BCUT2D eigenvalue weighted by atomic mass is 16.1. The molecular formula is C15H20O. The maximum atomic E-state index is 11.3. The Balaban J connectivity index is 2.18. The van der Waals surface area contributed by atoms with Crippen LogP contribution in [-0.4, -0.2) is 5.78 Å². The predicted molar refractivity (Wildman–Crippen MR) is 66.9 cm³/mol. The van der Waals surface area contributed by atoms with Crippen molar-refractivity contribution in [3.05, 3.63) is 35.4 Å². The molecule has 0 aliphatic heterocycles. The van der Waals surface area contributed by atoms with E-state index < -0.39 is 0 Å². The maximum Gasteiger partial charge on any atom is 0.159 e. The Labute approximate surface area is 97.9 Å². The van der Waals surface area contributed by atoms with Crippen LogP contribution in [0.25, 0.3) is 0 Å². The summed E-state index contributed by atoms with van der Waals surface area (Å²) in [4.78, 5) is 11.3. The molecule has 16 heavy (non-hydrogen) atoms. The summed E-state index contributed by atoms with van der Waals surface area (Å²) in [6.45, 7) is 1.65. The van der Waals surface area contributed by atoms with Gasteiger partial charge in [-0.2, -0.15) is 0 Å². The van der Waals surface area contributed by atoms with Crippen LogP contribution >= 0.6 is 0 Å². The van der Waals surface area contributed by atoms with Gasteiger partial charge >= 0.3 is 0 Å². The van der Waals surface area contributed by atoms with Gasteiger partial charge in [-0.1, -0.05) is 43.9 Å². The third-order valence-electron chi connectivity index (χ3n) is 3.62. The van der Waals surface area contributed by atoms with Crippen molar-refractivity contribution in [1.82, 2.24) is 0 Å². The number of carbonyl (C=O) groups is 1. The van der Waals surface area contributed by atoms with Crippen LogP contribution in [-0.2, 0) is 0 Å². The van der Waals surface area contributed by atoms with Gasteiger partial charge in [-0.05, 0) is 37.3 Å². The second-order valence-corrected chi connectivity index (χ2v) is 4.87. The molecule has 1 heteroatoms. The third-order valence-corrected chi connectivity index (χ3v) is 3.62. The van der Waals surface area contributed by atoms with Crippen LogP contribution in [0.3, 0.4) is 0 Å². The van der Waals surface area contributed by atoms with E-state index in [0.29, 0.717) is 5.92 Å². The molecule has 0 spiro atoms. The van der Waals surface area contributed by atoms with Crippen molar-refractivity contribution in [1.29, 1.82) is 0 Å². The van der Waals surface area contributed by atoms with Crippen molar-refractivity contribution in [2.45, 2.75) is 51.4 Å². The van der Waals surface area contributed by atoms with E-state index in [1.54, 1.807) is 6.92 Å². The molecule has 0 amide bonds. The highest BCUT2D eigenvalue weighted by Gasteiger charge is 2.14. The summed E-state index contributed by atoms with van der Waals surface area (Å²) < 4.78 is 0. The second-order valence-electron chi connectivity index (χ2n) is 4.87. The molecule has 1 fully saturated rings. The summed E-state index contributed by atoms with van der Waals surface area (Å²) in [7, 11) is 0. The van der Waals surface area contributed by atoms with Gasteiger partial charge in [0.2, 0.25) is 0 Å². The van der Waals surface area contributed by atoms with E-state index in [4.69, 9.17) is 0 Å². The minimum Gasteiger partial charge on any atom is -0.295 e. The predicted octanol–water partition coefficient (Wildman–Crippen LogP) is 4.33. The minimum absolute atomic E-state index is 0.176. The van der Waals surface area contributed by atoms with Crippen LogP contribution in [0.15, 0.2) is 24.3 Å². The number of hydrogen-bond donors (Lipinski definition) is 0. The van der Waals surface area contributed by atoms with Crippen LogP contribution < -0.4 is 0 Å². The Hall–Kier alpha value is -1.11. The van der Waals surface area contributed by atoms with Crippen molar-refractivity contribution in [3.63, 3.8) is 0 Å². The summed E-state index contributed by atoms with van der Waals surface area (Å²) >= 11 is 0. The summed E-state index contributed by atoms with van der Waals surface area (Å²) in [5.41, 5.74) is 2.23. The summed E-state index contributed by atoms with van der Waals surface area (Å²) in [5, 5.41) is 0.